The van der Waals surface area contributed by atoms with E-state index in [-0.39, 0.29) is 6.03 Å². The van der Waals surface area contributed by atoms with Crippen LogP contribution in [-0.4, -0.2) is 31.4 Å². The monoisotopic (exact) mass is 195 g/mol. The molecule has 1 heterocycles. The number of amides is 2. The minimum absolute atomic E-state index is 0.201. The van der Waals surface area contributed by atoms with Gasteiger partial charge in [0, 0.05) is 14.1 Å². The number of aliphatic imine (C=N–C) groups is 1. The van der Waals surface area contributed by atoms with Crippen LogP contribution in [-0.2, 0) is 6.54 Å². The van der Waals surface area contributed by atoms with E-state index in [0.29, 0.717) is 6.54 Å². The molecule has 14 heavy (non-hydrogen) atoms. The summed E-state index contributed by atoms with van der Waals surface area (Å²) in [7, 11) is 3.20. The zero-order valence-corrected chi connectivity index (χ0v) is 8.23. The van der Waals surface area contributed by atoms with Gasteiger partial charge < -0.3 is 9.73 Å². The maximum atomic E-state index is 11.0. The first kappa shape index (κ1) is 10.3. The van der Waals surface area contributed by atoms with Gasteiger partial charge in [0.1, 0.15) is 5.76 Å². The van der Waals surface area contributed by atoms with Crippen molar-refractivity contribution in [2.24, 2.45) is 4.99 Å². The summed E-state index contributed by atoms with van der Waals surface area (Å²) >= 11 is 0. The molecule has 1 aromatic heterocycles. The number of furan rings is 1. The molecule has 0 bridgehead atoms. The highest BCUT2D eigenvalue weighted by Crippen LogP contribution is 2.00. The Hall–Kier alpha value is -1.78. The average molecular weight is 195 g/mol. The first-order valence-corrected chi connectivity index (χ1v) is 4.21. The lowest BCUT2D eigenvalue weighted by molar-refractivity contribution is 0.229. The Labute approximate surface area is 82.4 Å². The van der Waals surface area contributed by atoms with E-state index in [1.165, 1.54) is 11.2 Å². The summed E-state index contributed by atoms with van der Waals surface area (Å²) in [5.41, 5.74) is 0. The molecule has 1 N–H and O–H groups in total. The molecule has 1 aromatic rings. The molecule has 0 spiro atoms. The number of carbonyl (C=O) groups excluding carboxylic acids is 1. The smallest absolute Gasteiger partial charge is 0.322 e. The summed E-state index contributed by atoms with van der Waals surface area (Å²) in [5.74, 6) is 0.770. The third-order valence-electron chi connectivity index (χ3n) is 1.62. The van der Waals surface area contributed by atoms with Crippen molar-refractivity contribution in [3.8, 4) is 0 Å². The van der Waals surface area contributed by atoms with Crippen LogP contribution in [0.15, 0.2) is 27.8 Å². The lowest BCUT2D eigenvalue weighted by Crippen LogP contribution is -2.33. The highest BCUT2D eigenvalue weighted by molar-refractivity contribution is 5.85. The minimum Gasteiger partial charge on any atom is -0.467 e. The number of rotatable bonds is 3. The van der Waals surface area contributed by atoms with Gasteiger partial charge in [-0.3, -0.25) is 9.89 Å². The molecule has 0 aliphatic carbocycles. The molecule has 0 atom stereocenters. The van der Waals surface area contributed by atoms with Crippen LogP contribution in [0.3, 0.4) is 0 Å². The first-order valence-electron chi connectivity index (χ1n) is 4.21. The third-order valence-corrected chi connectivity index (χ3v) is 1.62. The van der Waals surface area contributed by atoms with Crippen molar-refractivity contribution in [2.75, 3.05) is 14.1 Å². The van der Waals surface area contributed by atoms with Crippen LogP contribution < -0.4 is 5.32 Å². The van der Waals surface area contributed by atoms with Crippen LogP contribution >= 0.6 is 0 Å². The largest absolute Gasteiger partial charge is 0.467 e. The van der Waals surface area contributed by atoms with Gasteiger partial charge in [0.25, 0.3) is 0 Å². The normalized spacial score (nSPS) is 10.4. The molecule has 0 radical (unpaired) electrons. The Balaban J connectivity index is 2.37. The summed E-state index contributed by atoms with van der Waals surface area (Å²) < 4.78 is 5.07. The standard InChI is InChI=1S/C9H13N3O2/c1-10-9(13)12(2)7-11-6-8-4-3-5-14-8/h3-5,7H,6H2,1-2H3,(H,10,13). The molecule has 0 saturated carbocycles. The van der Waals surface area contributed by atoms with Gasteiger partial charge in [-0.05, 0) is 12.1 Å². The maximum absolute atomic E-state index is 11.0. The van der Waals surface area contributed by atoms with Gasteiger partial charge in [-0.1, -0.05) is 0 Å². The lowest BCUT2D eigenvalue weighted by atomic mass is 10.5. The lowest BCUT2D eigenvalue weighted by Gasteiger charge is -2.08. The van der Waals surface area contributed by atoms with Crippen molar-refractivity contribution in [3.05, 3.63) is 24.2 Å². The number of hydrogen-bond donors (Lipinski definition) is 1. The zero-order valence-electron chi connectivity index (χ0n) is 8.23. The van der Waals surface area contributed by atoms with Gasteiger partial charge in [-0.25, -0.2) is 4.79 Å². The average Bonchev–Trinajstić information content (AvgIpc) is 2.69. The number of urea groups is 1. The van der Waals surface area contributed by atoms with Crippen LogP contribution in [0.2, 0.25) is 0 Å². The van der Waals surface area contributed by atoms with Crippen molar-refractivity contribution in [1.29, 1.82) is 0 Å². The molecule has 5 heteroatoms. The third kappa shape index (κ3) is 2.93. The Morgan fingerprint density at radius 1 is 1.79 bits per heavy atom. The van der Waals surface area contributed by atoms with Crippen molar-refractivity contribution >= 4 is 12.4 Å². The summed E-state index contributed by atoms with van der Waals surface area (Å²) in [6, 6.07) is 3.43. The van der Waals surface area contributed by atoms with Crippen molar-refractivity contribution < 1.29 is 9.21 Å². The SMILES string of the molecule is CNC(=O)N(C)C=NCc1ccco1. The molecule has 76 valence electrons. The Kier molecular flexibility index (Phi) is 3.72. The zero-order chi connectivity index (χ0) is 10.4. The van der Waals surface area contributed by atoms with E-state index in [1.54, 1.807) is 26.4 Å². The summed E-state index contributed by atoms with van der Waals surface area (Å²) in [4.78, 5) is 16.4. The highest BCUT2D eigenvalue weighted by atomic mass is 16.3. The number of nitrogens with one attached hydrogen (secondary N) is 1. The Morgan fingerprint density at radius 3 is 3.14 bits per heavy atom. The minimum atomic E-state index is -0.201. The second-order valence-electron chi connectivity index (χ2n) is 2.70. The van der Waals surface area contributed by atoms with Gasteiger partial charge >= 0.3 is 6.03 Å². The summed E-state index contributed by atoms with van der Waals surface area (Å²) in [6.07, 6.45) is 3.05. The van der Waals surface area contributed by atoms with Crippen LogP contribution in [0.4, 0.5) is 4.79 Å². The van der Waals surface area contributed by atoms with E-state index in [0.717, 1.165) is 5.76 Å². The fourth-order valence-corrected chi connectivity index (χ4v) is 0.885. The predicted octanol–water partition coefficient (Wildman–Crippen LogP) is 1.08. The fraction of sp³-hybridized carbons (Fsp3) is 0.333. The van der Waals surface area contributed by atoms with E-state index in [9.17, 15) is 4.79 Å². The molecule has 0 aromatic carbocycles. The fourth-order valence-electron chi connectivity index (χ4n) is 0.885. The molecular formula is C9H13N3O2. The first-order chi connectivity index (χ1) is 6.74. The van der Waals surface area contributed by atoms with E-state index >= 15 is 0 Å². The van der Waals surface area contributed by atoms with Gasteiger partial charge in [0.2, 0.25) is 0 Å². The topological polar surface area (TPSA) is 57.8 Å². The maximum Gasteiger partial charge on any atom is 0.322 e. The summed E-state index contributed by atoms with van der Waals surface area (Å²) in [5, 5.41) is 2.48. The Morgan fingerprint density at radius 2 is 2.57 bits per heavy atom. The predicted molar refractivity (Wildman–Crippen MR) is 53.1 cm³/mol. The molecule has 0 aliphatic rings. The second-order valence-corrected chi connectivity index (χ2v) is 2.70. The van der Waals surface area contributed by atoms with E-state index in [4.69, 9.17) is 4.42 Å². The number of carbonyl (C=O) groups is 1. The molecule has 0 saturated heterocycles. The van der Waals surface area contributed by atoms with Gasteiger partial charge in [0.05, 0.1) is 19.1 Å². The van der Waals surface area contributed by atoms with Gasteiger partial charge in [0.15, 0.2) is 0 Å². The molecule has 0 fully saturated rings. The van der Waals surface area contributed by atoms with Crippen molar-refractivity contribution in [3.63, 3.8) is 0 Å². The van der Waals surface area contributed by atoms with Crippen LogP contribution in [0.1, 0.15) is 5.76 Å². The highest BCUT2D eigenvalue weighted by Gasteiger charge is 2.00. The van der Waals surface area contributed by atoms with Crippen molar-refractivity contribution in [1.82, 2.24) is 10.2 Å². The van der Waals surface area contributed by atoms with E-state index in [2.05, 4.69) is 10.3 Å². The quantitative estimate of drug-likeness (QED) is 0.579. The molecule has 0 aliphatic heterocycles. The van der Waals surface area contributed by atoms with Crippen LogP contribution in [0.25, 0.3) is 0 Å². The van der Waals surface area contributed by atoms with Crippen LogP contribution in [0, 0.1) is 0 Å². The van der Waals surface area contributed by atoms with E-state index in [1.807, 2.05) is 6.07 Å². The number of nitrogens with zero attached hydrogens (tertiary/aromatic N) is 2. The summed E-state index contributed by atoms with van der Waals surface area (Å²) in [6.45, 7) is 0.439. The van der Waals surface area contributed by atoms with Crippen LogP contribution in [0.5, 0.6) is 0 Å². The molecule has 2 amide bonds. The van der Waals surface area contributed by atoms with Gasteiger partial charge in [-0.2, -0.15) is 0 Å². The number of hydrogen-bond acceptors (Lipinski definition) is 3. The molecule has 0 unspecified atom stereocenters. The molecule has 1 rings (SSSR count). The van der Waals surface area contributed by atoms with Gasteiger partial charge in [-0.15, -0.1) is 0 Å². The molecular weight excluding hydrogens is 182 g/mol. The van der Waals surface area contributed by atoms with Crippen molar-refractivity contribution in [2.45, 2.75) is 6.54 Å². The van der Waals surface area contributed by atoms with E-state index < -0.39 is 0 Å². The second kappa shape index (κ2) is 5.06. The Bertz CT molecular complexity index is 306. The molecule has 5 nitrogen and oxygen atoms in total.